The first-order chi connectivity index (χ1) is 23.9. The quantitative estimate of drug-likeness (QED) is 0.114. The van der Waals surface area contributed by atoms with E-state index in [1.165, 1.54) is 18.1 Å². The SMILES string of the molecule is COc1cc(C2C3=CCC4C(=O)N(c5ccc(N=Nc6ccc(N(C)C)cc6)cc5)C(=O)C4C3CC3=C2C(=O)C=C(Br)C3=O)c(Br)c(Br)c1O. The summed E-state index contributed by atoms with van der Waals surface area (Å²) in [5, 5.41) is 19.3. The molecule has 1 aliphatic heterocycles. The van der Waals surface area contributed by atoms with Crippen molar-refractivity contribution in [3.63, 3.8) is 0 Å². The van der Waals surface area contributed by atoms with Crippen LogP contribution in [0.1, 0.15) is 24.3 Å². The second-order valence-corrected chi connectivity index (χ2v) is 15.1. The maximum absolute atomic E-state index is 14.3. The minimum absolute atomic E-state index is 0.127. The van der Waals surface area contributed by atoms with Gasteiger partial charge in [-0.3, -0.25) is 24.1 Å². The maximum Gasteiger partial charge on any atom is 0.238 e. The highest BCUT2D eigenvalue weighted by molar-refractivity contribution is 9.13. The molecule has 7 rings (SSSR count). The third-order valence-electron chi connectivity index (χ3n) is 9.79. The van der Waals surface area contributed by atoms with Gasteiger partial charge in [0.1, 0.15) is 0 Å². The molecule has 50 heavy (non-hydrogen) atoms. The standard InChI is InChI=1S/C37H29Br3N4O6/c1-43(2)19-8-4-17(5-9-19)41-42-18-6-10-20(11-7-18)44-36(48)22-13-12-21-23(30(22)37(44)49)14-25-31(27(45)16-26(38)34(25)46)29(21)24-15-28(50-3)35(47)33(40)32(24)39/h4-12,15-16,22-23,29-30,47H,13-14H2,1-3H3. The third kappa shape index (κ3) is 5.59. The van der Waals surface area contributed by atoms with Crippen molar-refractivity contribution in [1.82, 2.24) is 0 Å². The summed E-state index contributed by atoms with van der Waals surface area (Å²) in [6.45, 7) is 0. The number of amides is 2. The number of allylic oxidation sites excluding steroid dienone is 6. The van der Waals surface area contributed by atoms with Crippen molar-refractivity contribution in [2.75, 3.05) is 31.0 Å². The molecule has 13 heteroatoms. The Balaban J connectivity index is 1.23. The fourth-order valence-electron chi connectivity index (χ4n) is 7.40. The van der Waals surface area contributed by atoms with E-state index >= 15 is 0 Å². The number of ether oxygens (including phenoxy) is 1. The number of halogens is 3. The summed E-state index contributed by atoms with van der Waals surface area (Å²) in [4.78, 5) is 58.7. The van der Waals surface area contributed by atoms with Crippen molar-refractivity contribution in [2.24, 2.45) is 28.0 Å². The molecule has 4 aliphatic rings. The first-order valence-corrected chi connectivity index (χ1v) is 18.1. The topological polar surface area (TPSA) is 129 Å². The third-order valence-corrected chi connectivity index (χ3v) is 12.5. The van der Waals surface area contributed by atoms with E-state index < -0.39 is 23.7 Å². The van der Waals surface area contributed by atoms with Crippen LogP contribution in [0.25, 0.3) is 0 Å². The van der Waals surface area contributed by atoms with Crippen LogP contribution >= 0.6 is 47.8 Å². The van der Waals surface area contributed by atoms with E-state index in [2.05, 4.69) is 58.0 Å². The van der Waals surface area contributed by atoms with Crippen LogP contribution in [0.4, 0.5) is 22.7 Å². The number of carbonyl (C=O) groups is 4. The zero-order chi connectivity index (χ0) is 35.6. The molecule has 2 amide bonds. The number of rotatable bonds is 6. The van der Waals surface area contributed by atoms with Gasteiger partial charge >= 0.3 is 0 Å². The van der Waals surface area contributed by atoms with Gasteiger partial charge in [-0.2, -0.15) is 10.2 Å². The first-order valence-electron chi connectivity index (χ1n) is 15.7. The second kappa shape index (κ2) is 13.2. The Morgan fingerprint density at radius 3 is 2.14 bits per heavy atom. The minimum Gasteiger partial charge on any atom is -0.503 e. The van der Waals surface area contributed by atoms with Gasteiger partial charge in [-0.05, 0) is 127 Å². The lowest BCUT2D eigenvalue weighted by Gasteiger charge is -2.42. The minimum atomic E-state index is -0.752. The summed E-state index contributed by atoms with van der Waals surface area (Å²) >= 11 is 10.3. The number of phenols is 1. The van der Waals surface area contributed by atoms with Gasteiger partial charge in [0.25, 0.3) is 0 Å². The number of imide groups is 1. The smallest absolute Gasteiger partial charge is 0.238 e. The van der Waals surface area contributed by atoms with Crippen molar-refractivity contribution in [1.29, 1.82) is 0 Å². The number of benzene rings is 3. The summed E-state index contributed by atoms with van der Waals surface area (Å²) in [5.41, 5.74) is 4.67. The number of ketones is 2. The van der Waals surface area contributed by atoms with Crippen molar-refractivity contribution in [3.8, 4) is 11.5 Å². The molecular weight excluding hydrogens is 836 g/mol. The van der Waals surface area contributed by atoms with E-state index in [9.17, 15) is 24.3 Å². The van der Waals surface area contributed by atoms with E-state index in [-0.39, 0.29) is 52.2 Å². The molecule has 3 aromatic rings. The van der Waals surface area contributed by atoms with Gasteiger partial charge in [-0.1, -0.05) is 11.6 Å². The van der Waals surface area contributed by atoms with Gasteiger partial charge in [-0.25, -0.2) is 0 Å². The summed E-state index contributed by atoms with van der Waals surface area (Å²) in [7, 11) is 5.34. The molecule has 0 bridgehead atoms. The number of hydrogen-bond donors (Lipinski definition) is 1. The average molecular weight is 865 g/mol. The molecule has 1 heterocycles. The zero-order valence-corrected chi connectivity index (χ0v) is 31.7. The lowest BCUT2D eigenvalue weighted by Crippen LogP contribution is -2.39. The lowest BCUT2D eigenvalue weighted by atomic mass is 9.59. The Morgan fingerprint density at radius 2 is 1.52 bits per heavy atom. The van der Waals surface area contributed by atoms with Crippen LogP contribution in [0.5, 0.6) is 11.5 Å². The van der Waals surface area contributed by atoms with Crippen LogP contribution in [0, 0.1) is 17.8 Å². The Labute approximate surface area is 313 Å². The number of carbonyl (C=O) groups excluding carboxylic acids is 4. The maximum atomic E-state index is 14.3. The summed E-state index contributed by atoms with van der Waals surface area (Å²) in [6, 6.07) is 16.0. The fraction of sp³-hybridized carbons (Fsp3) is 0.243. The Morgan fingerprint density at radius 1 is 0.880 bits per heavy atom. The molecule has 1 fully saturated rings. The van der Waals surface area contributed by atoms with Gasteiger partial charge in [-0.15, -0.1) is 0 Å². The lowest BCUT2D eigenvalue weighted by molar-refractivity contribution is -0.123. The summed E-state index contributed by atoms with van der Waals surface area (Å²) in [5.74, 6) is -3.96. The van der Waals surface area contributed by atoms with E-state index in [0.29, 0.717) is 42.7 Å². The van der Waals surface area contributed by atoms with Crippen molar-refractivity contribution in [3.05, 3.63) is 102 Å². The molecule has 3 aromatic carbocycles. The number of Topliss-reactive ketones (excluding diaryl/α,β-unsaturated/α-hetero) is 1. The zero-order valence-electron chi connectivity index (χ0n) is 27.0. The molecule has 1 saturated heterocycles. The van der Waals surface area contributed by atoms with Crippen molar-refractivity contribution < 1.29 is 29.0 Å². The predicted molar refractivity (Wildman–Crippen MR) is 199 cm³/mol. The molecule has 10 nitrogen and oxygen atoms in total. The van der Waals surface area contributed by atoms with E-state index in [4.69, 9.17) is 4.74 Å². The average Bonchev–Trinajstić information content (AvgIpc) is 3.37. The molecule has 0 saturated carbocycles. The summed E-state index contributed by atoms with van der Waals surface area (Å²) < 4.78 is 6.38. The molecular formula is C37H29Br3N4O6. The molecule has 0 spiro atoms. The van der Waals surface area contributed by atoms with Crippen LogP contribution in [0.15, 0.2) is 107 Å². The Kier molecular flexibility index (Phi) is 9.02. The molecule has 4 atom stereocenters. The normalized spacial score (nSPS) is 23.1. The highest BCUT2D eigenvalue weighted by atomic mass is 79.9. The molecule has 0 aromatic heterocycles. The molecule has 254 valence electrons. The molecule has 4 unspecified atom stereocenters. The molecule has 3 aliphatic carbocycles. The Bertz CT molecular complexity index is 2120. The van der Waals surface area contributed by atoms with Gasteiger partial charge in [0, 0.05) is 47.4 Å². The van der Waals surface area contributed by atoms with E-state index in [0.717, 1.165) is 11.3 Å². The second-order valence-electron chi connectivity index (χ2n) is 12.7. The number of methoxy groups -OCH3 is 1. The largest absolute Gasteiger partial charge is 0.503 e. The first kappa shape index (κ1) is 34.3. The highest BCUT2D eigenvalue weighted by Gasteiger charge is 2.57. The van der Waals surface area contributed by atoms with Crippen LogP contribution in [0.2, 0.25) is 0 Å². The molecule has 0 radical (unpaired) electrons. The van der Waals surface area contributed by atoms with Gasteiger partial charge in [0.2, 0.25) is 11.8 Å². The number of fused-ring (bicyclic) bond motifs is 3. The van der Waals surface area contributed by atoms with Crippen LogP contribution in [-0.2, 0) is 19.2 Å². The number of phenolic OH excluding ortho intramolecular Hbond substituents is 1. The number of azo groups is 1. The van der Waals surface area contributed by atoms with Crippen LogP contribution < -0.4 is 14.5 Å². The van der Waals surface area contributed by atoms with Crippen molar-refractivity contribution in [2.45, 2.75) is 18.8 Å². The van der Waals surface area contributed by atoms with E-state index in [1.54, 1.807) is 30.3 Å². The van der Waals surface area contributed by atoms with Crippen LogP contribution in [-0.4, -0.2) is 49.7 Å². The fourth-order valence-corrected chi connectivity index (χ4v) is 8.80. The monoisotopic (exact) mass is 862 g/mol. The number of aromatic hydroxyl groups is 1. The van der Waals surface area contributed by atoms with E-state index in [1.807, 2.05) is 49.3 Å². The summed E-state index contributed by atoms with van der Waals surface area (Å²) in [6.07, 6.45) is 3.62. The Hall–Kier alpha value is -4.20. The van der Waals surface area contributed by atoms with Crippen LogP contribution in [0.3, 0.4) is 0 Å². The van der Waals surface area contributed by atoms with Crippen molar-refractivity contribution >= 4 is 93.9 Å². The van der Waals surface area contributed by atoms with Gasteiger partial charge in [0.15, 0.2) is 23.1 Å². The van der Waals surface area contributed by atoms with Gasteiger partial charge < -0.3 is 14.7 Å². The van der Waals surface area contributed by atoms with Gasteiger partial charge in [0.05, 0.1) is 45.0 Å². The molecule has 1 N–H and O–H groups in total. The highest BCUT2D eigenvalue weighted by Crippen LogP contribution is 2.58. The number of nitrogens with zero attached hydrogens (tertiary/aromatic N) is 4. The predicted octanol–water partition coefficient (Wildman–Crippen LogP) is 8.37. The number of hydrogen-bond acceptors (Lipinski definition) is 9. The number of anilines is 2.